The van der Waals surface area contributed by atoms with Crippen LogP contribution >= 0.6 is 15.9 Å². The molecular weight excluding hydrogens is 330 g/mol. The zero-order valence-electron chi connectivity index (χ0n) is 11.7. The van der Waals surface area contributed by atoms with Crippen molar-refractivity contribution >= 4 is 21.8 Å². The standard InChI is InChI=1S/C14H19BrF2N2O/c1-3-19(4-2)7-5-6-18-14(20)13-11(16)8-10(15)9-12(13)17/h8-9H,3-7H2,1-2H3,(H,18,20). The lowest BCUT2D eigenvalue weighted by atomic mass is 10.2. The van der Waals surface area contributed by atoms with Gasteiger partial charge in [0.2, 0.25) is 0 Å². The number of nitrogens with one attached hydrogen (secondary N) is 1. The Bertz CT molecular complexity index is 441. The van der Waals surface area contributed by atoms with E-state index in [0.29, 0.717) is 6.54 Å². The fraction of sp³-hybridized carbons (Fsp3) is 0.500. The van der Waals surface area contributed by atoms with Crippen molar-refractivity contribution in [3.8, 4) is 0 Å². The number of benzene rings is 1. The van der Waals surface area contributed by atoms with Gasteiger partial charge in [0.05, 0.1) is 0 Å². The molecule has 0 radical (unpaired) electrons. The summed E-state index contributed by atoms with van der Waals surface area (Å²) < 4.78 is 27.4. The molecule has 1 aromatic rings. The van der Waals surface area contributed by atoms with Gasteiger partial charge in [-0.25, -0.2) is 8.78 Å². The SMILES string of the molecule is CCN(CC)CCCNC(=O)c1c(F)cc(Br)cc1F. The number of carbonyl (C=O) groups excluding carboxylic acids is 1. The molecule has 20 heavy (non-hydrogen) atoms. The molecule has 1 N–H and O–H groups in total. The molecule has 0 bridgehead atoms. The first-order chi connectivity index (χ1) is 9.49. The van der Waals surface area contributed by atoms with E-state index in [4.69, 9.17) is 0 Å². The van der Waals surface area contributed by atoms with Gasteiger partial charge in [0.15, 0.2) is 0 Å². The van der Waals surface area contributed by atoms with Gasteiger partial charge in [0.25, 0.3) is 5.91 Å². The first-order valence-corrected chi connectivity index (χ1v) is 7.44. The van der Waals surface area contributed by atoms with Crippen LogP contribution in [0.2, 0.25) is 0 Å². The van der Waals surface area contributed by atoms with Gasteiger partial charge in [0, 0.05) is 11.0 Å². The Hall–Kier alpha value is -1.01. The van der Waals surface area contributed by atoms with Crippen molar-refractivity contribution in [3.05, 3.63) is 33.8 Å². The molecule has 0 saturated heterocycles. The largest absolute Gasteiger partial charge is 0.352 e. The molecule has 0 unspecified atom stereocenters. The first kappa shape index (κ1) is 17.0. The second-order valence-electron chi connectivity index (χ2n) is 4.38. The molecule has 0 fully saturated rings. The van der Waals surface area contributed by atoms with E-state index in [2.05, 4.69) is 40.0 Å². The van der Waals surface area contributed by atoms with Crippen molar-refractivity contribution in [1.29, 1.82) is 0 Å². The third kappa shape index (κ3) is 4.83. The van der Waals surface area contributed by atoms with Gasteiger partial charge in [-0.2, -0.15) is 0 Å². The van der Waals surface area contributed by atoms with Gasteiger partial charge in [-0.15, -0.1) is 0 Å². The molecule has 1 rings (SSSR count). The Balaban J connectivity index is 2.52. The summed E-state index contributed by atoms with van der Waals surface area (Å²) in [6.45, 7) is 7.26. The number of hydrogen-bond donors (Lipinski definition) is 1. The van der Waals surface area contributed by atoms with Crippen LogP contribution in [0.25, 0.3) is 0 Å². The van der Waals surface area contributed by atoms with Crippen LogP contribution in [0.3, 0.4) is 0 Å². The Morgan fingerprint density at radius 3 is 2.30 bits per heavy atom. The highest BCUT2D eigenvalue weighted by molar-refractivity contribution is 9.10. The minimum Gasteiger partial charge on any atom is -0.352 e. The molecule has 0 aliphatic carbocycles. The molecule has 0 spiro atoms. The van der Waals surface area contributed by atoms with Crippen LogP contribution in [0.5, 0.6) is 0 Å². The van der Waals surface area contributed by atoms with Crippen molar-refractivity contribution in [3.63, 3.8) is 0 Å². The smallest absolute Gasteiger partial charge is 0.257 e. The molecular formula is C14H19BrF2N2O. The van der Waals surface area contributed by atoms with Gasteiger partial charge >= 0.3 is 0 Å². The van der Waals surface area contributed by atoms with E-state index in [1.54, 1.807) is 0 Å². The molecule has 0 heterocycles. The normalized spacial score (nSPS) is 10.9. The molecule has 0 aliphatic heterocycles. The molecule has 6 heteroatoms. The maximum absolute atomic E-state index is 13.6. The third-order valence-corrected chi connectivity index (χ3v) is 3.52. The van der Waals surface area contributed by atoms with E-state index < -0.39 is 23.1 Å². The number of hydrogen-bond acceptors (Lipinski definition) is 2. The van der Waals surface area contributed by atoms with Crippen LogP contribution in [-0.2, 0) is 0 Å². The first-order valence-electron chi connectivity index (χ1n) is 6.64. The molecule has 3 nitrogen and oxygen atoms in total. The summed E-state index contributed by atoms with van der Waals surface area (Å²) in [6.07, 6.45) is 0.743. The van der Waals surface area contributed by atoms with Crippen LogP contribution in [0.4, 0.5) is 8.78 Å². The maximum atomic E-state index is 13.6. The van der Waals surface area contributed by atoms with E-state index in [9.17, 15) is 13.6 Å². The van der Waals surface area contributed by atoms with E-state index >= 15 is 0 Å². The second kappa shape index (κ2) is 8.32. The zero-order chi connectivity index (χ0) is 15.1. The summed E-state index contributed by atoms with van der Waals surface area (Å²) in [4.78, 5) is 14.0. The highest BCUT2D eigenvalue weighted by Gasteiger charge is 2.17. The van der Waals surface area contributed by atoms with Crippen LogP contribution in [0.15, 0.2) is 16.6 Å². The lowest BCUT2D eigenvalue weighted by Crippen LogP contribution is -2.30. The van der Waals surface area contributed by atoms with Crippen LogP contribution in [-0.4, -0.2) is 37.0 Å². The average Bonchev–Trinajstić information content (AvgIpc) is 2.37. The zero-order valence-corrected chi connectivity index (χ0v) is 13.3. The maximum Gasteiger partial charge on any atom is 0.257 e. The van der Waals surface area contributed by atoms with Gasteiger partial charge in [-0.3, -0.25) is 4.79 Å². The van der Waals surface area contributed by atoms with E-state index in [-0.39, 0.29) is 4.47 Å². The van der Waals surface area contributed by atoms with Crippen molar-refractivity contribution in [2.24, 2.45) is 0 Å². The molecule has 1 amide bonds. The van der Waals surface area contributed by atoms with E-state index in [1.165, 1.54) is 0 Å². The lowest BCUT2D eigenvalue weighted by Gasteiger charge is -2.17. The Morgan fingerprint density at radius 1 is 1.25 bits per heavy atom. The number of carbonyl (C=O) groups is 1. The van der Waals surface area contributed by atoms with E-state index in [0.717, 1.165) is 38.2 Å². The minimum atomic E-state index is -0.863. The second-order valence-corrected chi connectivity index (χ2v) is 5.30. The number of halogens is 3. The van der Waals surface area contributed by atoms with Crippen molar-refractivity contribution in [2.45, 2.75) is 20.3 Å². The summed E-state index contributed by atoms with van der Waals surface area (Å²) in [7, 11) is 0. The molecule has 112 valence electrons. The van der Waals surface area contributed by atoms with E-state index in [1.807, 2.05) is 0 Å². The average molecular weight is 349 g/mol. The van der Waals surface area contributed by atoms with Crippen molar-refractivity contribution in [1.82, 2.24) is 10.2 Å². The Kier molecular flexibility index (Phi) is 7.09. The highest BCUT2D eigenvalue weighted by atomic mass is 79.9. The predicted molar refractivity (Wildman–Crippen MR) is 78.8 cm³/mol. The van der Waals surface area contributed by atoms with Crippen LogP contribution in [0.1, 0.15) is 30.6 Å². The number of amides is 1. The predicted octanol–water partition coefficient (Wildman–Crippen LogP) is 3.19. The van der Waals surface area contributed by atoms with Gasteiger partial charge in [-0.05, 0) is 38.2 Å². The van der Waals surface area contributed by atoms with Gasteiger partial charge in [0.1, 0.15) is 17.2 Å². The Morgan fingerprint density at radius 2 is 1.80 bits per heavy atom. The summed E-state index contributed by atoms with van der Waals surface area (Å²) in [5.41, 5.74) is -0.531. The highest BCUT2D eigenvalue weighted by Crippen LogP contribution is 2.19. The van der Waals surface area contributed by atoms with Crippen molar-refractivity contribution < 1.29 is 13.6 Å². The van der Waals surface area contributed by atoms with Gasteiger partial charge < -0.3 is 10.2 Å². The van der Waals surface area contributed by atoms with Crippen LogP contribution in [0, 0.1) is 11.6 Å². The minimum absolute atomic E-state index is 0.269. The fourth-order valence-electron chi connectivity index (χ4n) is 1.89. The molecule has 0 atom stereocenters. The number of nitrogens with zero attached hydrogens (tertiary/aromatic N) is 1. The van der Waals surface area contributed by atoms with Gasteiger partial charge in [-0.1, -0.05) is 29.8 Å². The fourth-order valence-corrected chi connectivity index (χ4v) is 2.29. The summed E-state index contributed by atoms with van der Waals surface area (Å²) in [5.74, 6) is -2.44. The quantitative estimate of drug-likeness (QED) is 0.767. The third-order valence-electron chi connectivity index (χ3n) is 3.07. The molecule has 0 aromatic heterocycles. The molecule has 1 aromatic carbocycles. The lowest BCUT2D eigenvalue weighted by molar-refractivity contribution is 0.0943. The molecule has 0 aliphatic rings. The summed E-state index contributed by atoms with van der Waals surface area (Å²) in [5, 5.41) is 2.54. The monoisotopic (exact) mass is 348 g/mol. The molecule has 0 saturated carbocycles. The Labute approximate surface area is 126 Å². The van der Waals surface area contributed by atoms with Crippen molar-refractivity contribution in [2.75, 3.05) is 26.2 Å². The summed E-state index contributed by atoms with van der Waals surface area (Å²) in [6, 6.07) is 2.15. The van der Waals surface area contributed by atoms with Crippen LogP contribution < -0.4 is 5.32 Å². The number of rotatable bonds is 7. The topological polar surface area (TPSA) is 32.3 Å². The summed E-state index contributed by atoms with van der Waals surface area (Å²) >= 11 is 2.97.